The molecule has 1 aliphatic heterocycles. The fraction of sp³-hybridized carbons (Fsp3) is 0.0204. The number of nitrogens with zero attached hydrogens (tertiary/aromatic N) is 1. The summed E-state index contributed by atoms with van der Waals surface area (Å²) in [6.45, 7) is 0. The van der Waals surface area contributed by atoms with Crippen molar-refractivity contribution in [1.29, 1.82) is 0 Å². The molecule has 0 saturated carbocycles. The van der Waals surface area contributed by atoms with E-state index in [1.807, 2.05) is 6.07 Å². The van der Waals surface area contributed by atoms with Gasteiger partial charge in [0, 0.05) is 33.3 Å². The summed E-state index contributed by atoms with van der Waals surface area (Å²) in [5, 5.41) is 6.14. The predicted molar refractivity (Wildman–Crippen MR) is 212 cm³/mol. The molecule has 1 N–H and O–H groups in total. The maximum atomic E-state index is 3.56. The molecule has 0 bridgehead atoms. The number of rotatable bonds is 5. The fourth-order valence-electron chi connectivity index (χ4n) is 9.10. The van der Waals surface area contributed by atoms with Gasteiger partial charge in [0.25, 0.3) is 0 Å². The van der Waals surface area contributed by atoms with E-state index in [0.717, 1.165) is 11.4 Å². The van der Waals surface area contributed by atoms with Crippen molar-refractivity contribution in [2.24, 2.45) is 0 Å². The number of para-hydroxylation sites is 3. The Morgan fingerprint density at radius 2 is 1.04 bits per heavy atom. The number of hydrogen-bond acceptors (Lipinski definition) is 1. The third-order valence-corrected chi connectivity index (χ3v) is 11.2. The van der Waals surface area contributed by atoms with Gasteiger partial charge in [0.05, 0.1) is 22.1 Å². The van der Waals surface area contributed by atoms with Crippen molar-refractivity contribution in [3.63, 3.8) is 0 Å². The molecule has 2 aliphatic rings. The minimum Gasteiger partial charge on any atom is -0.356 e. The van der Waals surface area contributed by atoms with Crippen LogP contribution in [0, 0.1) is 0 Å². The molecule has 2 heteroatoms. The summed E-state index contributed by atoms with van der Waals surface area (Å²) in [6.07, 6.45) is 0. The molecule has 0 atom stereocenters. The van der Waals surface area contributed by atoms with Gasteiger partial charge in [-0.2, -0.15) is 0 Å². The molecule has 0 spiro atoms. The summed E-state index contributed by atoms with van der Waals surface area (Å²) in [5.41, 5.74) is 18.2. The van der Waals surface area contributed by atoms with Gasteiger partial charge in [0.15, 0.2) is 0 Å². The van der Waals surface area contributed by atoms with E-state index in [0.29, 0.717) is 0 Å². The number of hydrogen-bond donors (Lipinski definition) is 1. The highest BCUT2D eigenvalue weighted by Gasteiger charge is 2.49. The second-order valence-corrected chi connectivity index (χ2v) is 13.8. The van der Waals surface area contributed by atoms with Crippen molar-refractivity contribution < 1.29 is 0 Å². The van der Waals surface area contributed by atoms with E-state index in [1.165, 1.54) is 83.1 Å². The molecule has 8 aromatic carbocycles. The molecular formula is C49H32N2. The molecule has 51 heavy (non-hydrogen) atoms. The monoisotopic (exact) mass is 648 g/mol. The molecule has 0 radical (unpaired) electrons. The van der Waals surface area contributed by atoms with Crippen LogP contribution in [0.5, 0.6) is 0 Å². The molecular weight excluding hydrogens is 617 g/mol. The number of benzene rings is 8. The SMILES string of the molecule is c1ccc(Nc2ccc(-c3cc4c5c(c3)C(c3ccccc3)(c3ccccc3)c3ccc6c7ccccc7n(c6c3-5)-c3ccccc3-4)cc2)cc1. The number of anilines is 2. The molecule has 2 nitrogen and oxygen atoms in total. The highest BCUT2D eigenvalue weighted by molar-refractivity contribution is 6.19. The Morgan fingerprint density at radius 1 is 0.412 bits per heavy atom. The number of aromatic nitrogens is 1. The Morgan fingerprint density at radius 3 is 1.78 bits per heavy atom. The lowest BCUT2D eigenvalue weighted by Gasteiger charge is -2.34. The van der Waals surface area contributed by atoms with Gasteiger partial charge in [-0.1, -0.05) is 140 Å². The topological polar surface area (TPSA) is 17.0 Å². The Balaban J connectivity index is 1.28. The van der Waals surface area contributed by atoms with Gasteiger partial charge in [0.1, 0.15) is 0 Å². The van der Waals surface area contributed by atoms with Crippen LogP contribution in [0.15, 0.2) is 188 Å². The molecule has 0 saturated heterocycles. The number of nitrogens with one attached hydrogen (secondary N) is 1. The Labute approximate surface area is 296 Å². The minimum atomic E-state index is -0.519. The van der Waals surface area contributed by atoms with Crippen LogP contribution >= 0.6 is 0 Å². The first-order valence-electron chi connectivity index (χ1n) is 17.7. The van der Waals surface area contributed by atoms with Crippen molar-refractivity contribution in [3.05, 3.63) is 210 Å². The molecule has 238 valence electrons. The Hall–Kier alpha value is -6.64. The normalized spacial score (nSPS) is 13.3. The quantitative estimate of drug-likeness (QED) is 0.196. The summed E-state index contributed by atoms with van der Waals surface area (Å²) >= 11 is 0. The highest BCUT2D eigenvalue weighted by atomic mass is 15.0. The van der Waals surface area contributed by atoms with Gasteiger partial charge in [-0.15, -0.1) is 0 Å². The maximum Gasteiger partial charge on any atom is 0.0714 e. The summed E-state index contributed by atoms with van der Waals surface area (Å²) in [6, 6.07) is 69.2. The van der Waals surface area contributed by atoms with E-state index in [1.54, 1.807) is 0 Å². The van der Waals surface area contributed by atoms with E-state index in [4.69, 9.17) is 0 Å². The first-order chi connectivity index (χ1) is 25.3. The molecule has 0 unspecified atom stereocenters. The zero-order chi connectivity index (χ0) is 33.5. The third kappa shape index (κ3) is 3.87. The number of fused-ring (bicyclic) bond motifs is 6. The van der Waals surface area contributed by atoms with Gasteiger partial charge in [0.2, 0.25) is 0 Å². The second-order valence-electron chi connectivity index (χ2n) is 13.8. The van der Waals surface area contributed by atoms with Crippen LogP contribution in [0.2, 0.25) is 0 Å². The largest absolute Gasteiger partial charge is 0.356 e. The van der Waals surface area contributed by atoms with Crippen LogP contribution in [-0.2, 0) is 5.41 Å². The van der Waals surface area contributed by atoms with Crippen LogP contribution in [0.3, 0.4) is 0 Å². The molecule has 9 aromatic rings. The summed E-state index contributed by atoms with van der Waals surface area (Å²) < 4.78 is 2.54. The average molecular weight is 649 g/mol. The predicted octanol–water partition coefficient (Wildman–Crippen LogP) is 12.5. The van der Waals surface area contributed by atoms with Crippen LogP contribution in [0.4, 0.5) is 11.4 Å². The van der Waals surface area contributed by atoms with Gasteiger partial charge < -0.3 is 9.88 Å². The van der Waals surface area contributed by atoms with E-state index in [9.17, 15) is 0 Å². The van der Waals surface area contributed by atoms with Crippen molar-refractivity contribution in [1.82, 2.24) is 4.57 Å². The van der Waals surface area contributed by atoms with Crippen LogP contribution < -0.4 is 5.32 Å². The lowest BCUT2D eigenvalue weighted by atomic mass is 9.67. The molecule has 0 fully saturated rings. The van der Waals surface area contributed by atoms with Crippen LogP contribution in [0.1, 0.15) is 22.3 Å². The maximum absolute atomic E-state index is 3.56. The van der Waals surface area contributed by atoms with E-state index >= 15 is 0 Å². The first-order valence-corrected chi connectivity index (χ1v) is 17.7. The average Bonchev–Trinajstić information content (AvgIpc) is 3.65. The van der Waals surface area contributed by atoms with Crippen molar-refractivity contribution in [2.75, 3.05) is 5.32 Å². The summed E-state index contributed by atoms with van der Waals surface area (Å²) in [4.78, 5) is 0. The van der Waals surface area contributed by atoms with E-state index in [-0.39, 0.29) is 0 Å². The molecule has 2 heterocycles. The molecule has 0 amide bonds. The first kappa shape index (κ1) is 28.2. The van der Waals surface area contributed by atoms with Crippen LogP contribution in [-0.4, -0.2) is 4.57 Å². The van der Waals surface area contributed by atoms with Gasteiger partial charge >= 0.3 is 0 Å². The fourth-order valence-corrected chi connectivity index (χ4v) is 9.10. The molecule has 11 rings (SSSR count). The lowest BCUT2D eigenvalue weighted by Crippen LogP contribution is -2.28. The van der Waals surface area contributed by atoms with E-state index in [2.05, 4.69) is 192 Å². The van der Waals surface area contributed by atoms with Gasteiger partial charge in [-0.3, -0.25) is 0 Å². The molecule has 1 aromatic heterocycles. The van der Waals surface area contributed by atoms with Crippen molar-refractivity contribution in [3.8, 4) is 39.1 Å². The molecule has 1 aliphatic carbocycles. The second kappa shape index (κ2) is 10.7. The van der Waals surface area contributed by atoms with E-state index < -0.39 is 5.41 Å². The van der Waals surface area contributed by atoms with Crippen molar-refractivity contribution in [2.45, 2.75) is 5.41 Å². The zero-order valence-electron chi connectivity index (χ0n) is 27.8. The van der Waals surface area contributed by atoms with Crippen molar-refractivity contribution >= 4 is 33.2 Å². The standard InChI is InChI=1S/C49H32N2/c1-4-14-34(15-5-1)49(35-16-6-2-7-17-35)42-29-28-40-38-20-10-12-22-44(38)51-45-23-13-11-21-39(45)41-30-33(31-43(49)46(41)47(42)48(40)51)32-24-26-37(27-25-32)50-36-18-8-3-9-19-36/h1-31,50H. The summed E-state index contributed by atoms with van der Waals surface area (Å²) in [7, 11) is 0. The minimum absolute atomic E-state index is 0.519. The zero-order valence-corrected chi connectivity index (χ0v) is 27.8. The Bertz CT molecular complexity index is 2750. The van der Waals surface area contributed by atoms with Gasteiger partial charge in [-0.05, 0) is 93.0 Å². The van der Waals surface area contributed by atoms with Gasteiger partial charge in [-0.25, -0.2) is 0 Å². The summed E-state index contributed by atoms with van der Waals surface area (Å²) in [5.74, 6) is 0. The van der Waals surface area contributed by atoms with Crippen LogP contribution in [0.25, 0.3) is 60.9 Å². The Kier molecular flexibility index (Phi) is 5.91. The smallest absolute Gasteiger partial charge is 0.0714 e. The third-order valence-electron chi connectivity index (χ3n) is 11.2. The highest BCUT2D eigenvalue weighted by Crippen LogP contribution is 2.62. The lowest BCUT2D eigenvalue weighted by molar-refractivity contribution is 0.769.